The van der Waals surface area contributed by atoms with E-state index < -0.39 is 0 Å². The molecular weight excluding hydrogens is 252 g/mol. The van der Waals surface area contributed by atoms with E-state index in [1.54, 1.807) is 0 Å². The van der Waals surface area contributed by atoms with Crippen molar-refractivity contribution in [2.45, 2.75) is 52.1 Å². The van der Waals surface area contributed by atoms with Gasteiger partial charge < -0.3 is 5.32 Å². The number of hydrogen-bond acceptors (Lipinski definition) is 3. The van der Waals surface area contributed by atoms with Crippen LogP contribution < -0.4 is 5.32 Å². The monoisotopic (exact) mass is 284 g/mol. The Morgan fingerprint density at radius 2 is 2.11 bits per heavy atom. The molecule has 1 saturated heterocycles. The molecule has 1 N–H and O–H groups in total. The lowest BCUT2D eigenvalue weighted by molar-refractivity contribution is 0.112. The molecule has 112 valence electrons. The molecule has 2 fully saturated rings. The Balaban J connectivity index is 1.93. The Morgan fingerprint density at radius 1 is 1.32 bits per heavy atom. The number of nitrogens with zero attached hydrogens (tertiary/aromatic N) is 1. The van der Waals surface area contributed by atoms with Crippen molar-refractivity contribution in [3.8, 4) is 0 Å². The minimum absolute atomic E-state index is 0.747. The summed E-state index contributed by atoms with van der Waals surface area (Å²) < 4.78 is 0. The predicted molar refractivity (Wildman–Crippen MR) is 86.9 cm³/mol. The van der Waals surface area contributed by atoms with Gasteiger partial charge in [0.1, 0.15) is 0 Å². The Labute approximate surface area is 124 Å². The fourth-order valence-electron chi connectivity index (χ4n) is 3.82. The lowest BCUT2D eigenvalue weighted by Gasteiger charge is -2.42. The zero-order valence-corrected chi connectivity index (χ0v) is 14.0. The largest absolute Gasteiger partial charge is 0.317 e. The summed E-state index contributed by atoms with van der Waals surface area (Å²) >= 11 is 2.12. The molecule has 3 heteroatoms. The van der Waals surface area contributed by atoms with E-state index in [2.05, 4.69) is 49.8 Å². The van der Waals surface area contributed by atoms with Crippen molar-refractivity contribution < 1.29 is 0 Å². The van der Waals surface area contributed by atoms with Crippen LogP contribution in [0.4, 0.5) is 0 Å². The third-order valence-corrected chi connectivity index (χ3v) is 6.50. The molecule has 1 saturated carbocycles. The first kappa shape index (κ1) is 15.7. The Hall–Kier alpha value is 0.270. The summed E-state index contributed by atoms with van der Waals surface area (Å²) in [4.78, 5) is 2.74. The van der Waals surface area contributed by atoms with Crippen molar-refractivity contribution in [1.29, 1.82) is 0 Å². The SMILES string of the molecule is CNC1CCC(C(C)C)CC1CN1CCSCC1C. The van der Waals surface area contributed by atoms with Gasteiger partial charge in [0.25, 0.3) is 0 Å². The molecular formula is C16H32N2S. The van der Waals surface area contributed by atoms with Crippen LogP contribution in [0.3, 0.4) is 0 Å². The van der Waals surface area contributed by atoms with Crippen LogP contribution in [-0.4, -0.2) is 48.6 Å². The van der Waals surface area contributed by atoms with E-state index in [1.165, 1.54) is 43.9 Å². The molecule has 2 aliphatic rings. The first-order valence-electron chi connectivity index (χ1n) is 8.10. The quantitative estimate of drug-likeness (QED) is 0.854. The molecule has 0 aromatic carbocycles. The molecule has 2 nitrogen and oxygen atoms in total. The van der Waals surface area contributed by atoms with Gasteiger partial charge in [-0.05, 0) is 51.0 Å². The molecule has 0 aromatic heterocycles. The average molecular weight is 285 g/mol. The topological polar surface area (TPSA) is 15.3 Å². The van der Waals surface area contributed by atoms with E-state index in [0.29, 0.717) is 0 Å². The molecule has 0 spiro atoms. The smallest absolute Gasteiger partial charge is 0.0158 e. The fraction of sp³-hybridized carbons (Fsp3) is 1.00. The van der Waals surface area contributed by atoms with Crippen molar-refractivity contribution in [1.82, 2.24) is 10.2 Å². The number of rotatable bonds is 4. The third kappa shape index (κ3) is 4.12. The van der Waals surface area contributed by atoms with E-state index in [1.807, 2.05) is 0 Å². The molecule has 0 bridgehead atoms. The highest BCUT2D eigenvalue weighted by Crippen LogP contribution is 2.35. The lowest BCUT2D eigenvalue weighted by atomic mass is 9.73. The van der Waals surface area contributed by atoms with Gasteiger partial charge in [-0.25, -0.2) is 0 Å². The van der Waals surface area contributed by atoms with Gasteiger partial charge in [-0.3, -0.25) is 4.90 Å². The highest BCUT2D eigenvalue weighted by molar-refractivity contribution is 7.99. The summed E-state index contributed by atoms with van der Waals surface area (Å²) in [7, 11) is 2.16. The summed E-state index contributed by atoms with van der Waals surface area (Å²) in [5.74, 6) is 5.31. The highest BCUT2D eigenvalue weighted by atomic mass is 32.2. The maximum absolute atomic E-state index is 3.59. The zero-order valence-electron chi connectivity index (χ0n) is 13.2. The van der Waals surface area contributed by atoms with Gasteiger partial charge in [0, 0.05) is 36.7 Å². The summed E-state index contributed by atoms with van der Waals surface area (Å²) in [6, 6.07) is 1.52. The van der Waals surface area contributed by atoms with Crippen LogP contribution in [0, 0.1) is 17.8 Å². The molecule has 4 unspecified atom stereocenters. The van der Waals surface area contributed by atoms with Gasteiger partial charge in [0.2, 0.25) is 0 Å². The van der Waals surface area contributed by atoms with E-state index in [9.17, 15) is 0 Å². The second-order valence-electron chi connectivity index (χ2n) is 6.89. The molecule has 19 heavy (non-hydrogen) atoms. The van der Waals surface area contributed by atoms with Gasteiger partial charge in [0.15, 0.2) is 0 Å². The van der Waals surface area contributed by atoms with Gasteiger partial charge in [-0.1, -0.05) is 13.8 Å². The molecule has 0 aromatic rings. The maximum Gasteiger partial charge on any atom is 0.0158 e. The van der Waals surface area contributed by atoms with E-state index in [-0.39, 0.29) is 0 Å². The zero-order chi connectivity index (χ0) is 13.8. The fourth-order valence-corrected chi connectivity index (χ4v) is 4.90. The second-order valence-corrected chi connectivity index (χ2v) is 8.04. The molecule has 2 rings (SSSR count). The van der Waals surface area contributed by atoms with Crippen LogP contribution in [0.15, 0.2) is 0 Å². The van der Waals surface area contributed by atoms with Gasteiger partial charge in [-0.2, -0.15) is 11.8 Å². The number of hydrogen-bond donors (Lipinski definition) is 1. The summed E-state index contributed by atoms with van der Waals surface area (Å²) in [6.07, 6.45) is 4.23. The Bertz CT molecular complexity index is 269. The third-order valence-electron chi connectivity index (χ3n) is 5.31. The molecule has 1 aliphatic heterocycles. The van der Waals surface area contributed by atoms with Crippen LogP contribution in [0.25, 0.3) is 0 Å². The molecule has 0 radical (unpaired) electrons. The Morgan fingerprint density at radius 3 is 2.74 bits per heavy atom. The molecule has 1 heterocycles. The summed E-state index contributed by atoms with van der Waals surface area (Å²) in [5.41, 5.74) is 0. The van der Waals surface area contributed by atoms with Crippen LogP contribution in [0.2, 0.25) is 0 Å². The molecule has 4 atom stereocenters. The van der Waals surface area contributed by atoms with Gasteiger partial charge >= 0.3 is 0 Å². The van der Waals surface area contributed by atoms with Gasteiger partial charge in [-0.15, -0.1) is 0 Å². The standard InChI is InChI=1S/C16H32N2S/c1-12(2)14-5-6-16(17-4)15(9-14)10-18-7-8-19-11-13(18)3/h12-17H,5-11H2,1-4H3. The lowest BCUT2D eigenvalue weighted by Crippen LogP contribution is -2.49. The molecule has 0 amide bonds. The summed E-state index contributed by atoms with van der Waals surface area (Å²) in [5, 5.41) is 3.59. The van der Waals surface area contributed by atoms with Crippen molar-refractivity contribution in [3.63, 3.8) is 0 Å². The van der Waals surface area contributed by atoms with Crippen LogP contribution in [0.1, 0.15) is 40.0 Å². The van der Waals surface area contributed by atoms with Crippen molar-refractivity contribution in [2.24, 2.45) is 17.8 Å². The molecule has 1 aliphatic carbocycles. The Kier molecular flexibility index (Phi) is 6.04. The average Bonchev–Trinajstić information content (AvgIpc) is 2.41. The van der Waals surface area contributed by atoms with Crippen molar-refractivity contribution in [3.05, 3.63) is 0 Å². The number of thioether (sulfide) groups is 1. The van der Waals surface area contributed by atoms with Crippen molar-refractivity contribution in [2.75, 3.05) is 31.6 Å². The van der Waals surface area contributed by atoms with E-state index >= 15 is 0 Å². The maximum atomic E-state index is 3.59. The normalized spacial score (nSPS) is 37.7. The highest BCUT2D eigenvalue weighted by Gasteiger charge is 2.33. The van der Waals surface area contributed by atoms with Gasteiger partial charge in [0.05, 0.1) is 0 Å². The van der Waals surface area contributed by atoms with Crippen LogP contribution >= 0.6 is 11.8 Å². The number of nitrogens with one attached hydrogen (secondary N) is 1. The summed E-state index contributed by atoms with van der Waals surface area (Å²) in [6.45, 7) is 9.83. The van der Waals surface area contributed by atoms with Crippen molar-refractivity contribution >= 4 is 11.8 Å². The predicted octanol–water partition coefficient (Wildman–Crippen LogP) is 3.08. The first-order chi connectivity index (χ1) is 9.11. The van der Waals surface area contributed by atoms with E-state index in [4.69, 9.17) is 0 Å². The first-order valence-corrected chi connectivity index (χ1v) is 9.26. The second kappa shape index (κ2) is 7.33. The van der Waals surface area contributed by atoms with Crippen LogP contribution in [0.5, 0.6) is 0 Å². The minimum atomic E-state index is 0.747. The minimum Gasteiger partial charge on any atom is -0.317 e. The van der Waals surface area contributed by atoms with E-state index in [0.717, 1.165) is 29.8 Å². The van der Waals surface area contributed by atoms with Crippen LogP contribution in [-0.2, 0) is 0 Å².